The second-order valence-electron chi connectivity index (χ2n) is 3.15. The van der Waals surface area contributed by atoms with Crippen molar-refractivity contribution >= 4 is 46.9 Å². The number of nitrogens with one attached hydrogen (secondary N) is 1. The Labute approximate surface area is 104 Å². The third-order valence-electron chi connectivity index (χ3n) is 2.41. The summed E-state index contributed by atoms with van der Waals surface area (Å²) in [6, 6.07) is 0.0198. The van der Waals surface area contributed by atoms with Gasteiger partial charge in [0.25, 0.3) is 0 Å². The van der Waals surface area contributed by atoms with E-state index in [9.17, 15) is 4.79 Å². The molecule has 2 amide bonds. The SMILES string of the molecule is CSC1=NC2C(N1)N(C)C(=O)N2C.I. The van der Waals surface area contributed by atoms with E-state index in [1.54, 1.807) is 35.7 Å². The average Bonchev–Trinajstić information content (AvgIpc) is 2.64. The van der Waals surface area contributed by atoms with Crippen molar-refractivity contribution in [1.82, 2.24) is 15.1 Å². The summed E-state index contributed by atoms with van der Waals surface area (Å²) in [6.45, 7) is 0. The molecule has 1 saturated heterocycles. The number of carbonyl (C=O) groups excluding carboxylic acids is 1. The first kappa shape index (κ1) is 11.9. The predicted octanol–water partition coefficient (Wildman–Crippen LogP) is 0.576. The number of urea groups is 1. The van der Waals surface area contributed by atoms with Crippen LogP contribution in [0.15, 0.2) is 4.99 Å². The molecule has 0 radical (unpaired) electrons. The monoisotopic (exact) mass is 328 g/mol. The summed E-state index contributed by atoms with van der Waals surface area (Å²) in [5, 5.41) is 4.09. The van der Waals surface area contributed by atoms with Gasteiger partial charge in [0, 0.05) is 14.1 Å². The lowest BCUT2D eigenvalue weighted by atomic mass is 10.4. The van der Waals surface area contributed by atoms with Gasteiger partial charge < -0.3 is 15.1 Å². The summed E-state index contributed by atoms with van der Waals surface area (Å²) in [4.78, 5) is 19.2. The van der Waals surface area contributed by atoms with Crippen LogP contribution in [0.5, 0.6) is 0 Å². The Morgan fingerprint density at radius 3 is 2.57 bits per heavy atom. The molecule has 5 nitrogen and oxygen atoms in total. The molecule has 2 aliphatic rings. The van der Waals surface area contributed by atoms with Crippen LogP contribution in [0, 0.1) is 0 Å². The number of thioether (sulfide) groups is 1. The maximum atomic E-state index is 11.4. The highest BCUT2D eigenvalue weighted by atomic mass is 127. The molecule has 0 saturated carbocycles. The molecule has 80 valence electrons. The van der Waals surface area contributed by atoms with Crippen LogP contribution >= 0.6 is 35.7 Å². The van der Waals surface area contributed by atoms with Gasteiger partial charge in [-0.2, -0.15) is 0 Å². The van der Waals surface area contributed by atoms with Crippen LogP contribution in [-0.2, 0) is 0 Å². The molecule has 0 aromatic rings. The average molecular weight is 328 g/mol. The van der Waals surface area contributed by atoms with Crippen molar-refractivity contribution in [3.05, 3.63) is 0 Å². The van der Waals surface area contributed by atoms with E-state index in [1.807, 2.05) is 6.26 Å². The van der Waals surface area contributed by atoms with E-state index in [0.717, 1.165) is 5.17 Å². The largest absolute Gasteiger partial charge is 0.341 e. The summed E-state index contributed by atoms with van der Waals surface area (Å²) >= 11 is 1.57. The lowest BCUT2D eigenvalue weighted by molar-refractivity contribution is 0.198. The van der Waals surface area contributed by atoms with Gasteiger partial charge in [0.1, 0.15) is 6.17 Å². The van der Waals surface area contributed by atoms with Crippen molar-refractivity contribution in [2.24, 2.45) is 4.99 Å². The lowest BCUT2D eigenvalue weighted by Gasteiger charge is -2.16. The normalized spacial score (nSPS) is 29.6. The van der Waals surface area contributed by atoms with E-state index in [2.05, 4.69) is 10.3 Å². The van der Waals surface area contributed by atoms with Crippen molar-refractivity contribution in [3.8, 4) is 0 Å². The molecular weight excluding hydrogens is 315 g/mol. The molecule has 2 unspecified atom stereocenters. The second kappa shape index (κ2) is 4.13. The van der Waals surface area contributed by atoms with E-state index < -0.39 is 0 Å². The van der Waals surface area contributed by atoms with Crippen LogP contribution in [0.25, 0.3) is 0 Å². The fourth-order valence-corrected chi connectivity index (χ4v) is 2.07. The number of aliphatic imine (C=N–C) groups is 1. The van der Waals surface area contributed by atoms with E-state index in [1.165, 1.54) is 0 Å². The first-order valence-electron chi connectivity index (χ1n) is 4.03. The summed E-state index contributed by atoms with van der Waals surface area (Å²) in [7, 11) is 3.56. The highest BCUT2D eigenvalue weighted by molar-refractivity contribution is 14.0. The number of hydrogen-bond acceptors (Lipinski definition) is 4. The Morgan fingerprint density at radius 1 is 1.43 bits per heavy atom. The summed E-state index contributed by atoms with van der Waals surface area (Å²) < 4.78 is 0. The first-order chi connectivity index (χ1) is 6.15. The molecule has 2 atom stereocenters. The van der Waals surface area contributed by atoms with Crippen molar-refractivity contribution < 1.29 is 4.79 Å². The number of hydrogen-bond donors (Lipinski definition) is 1. The Kier molecular flexibility index (Phi) is 3.51. The van der Waals surface area contributed by atoms with Crippen LogP contribution in [0.1, 0.15) is 0 Å². The molecule has 0 aliphatic carbocycles. The minimum absolute atomic E-state index is 0. The van der Waals surface area contributed by atoms with E-state index in [0.29, 0.717) is 0 Å². The van der Waals surface area contributed by atoms with E-state index >= 15 is 0 Å². The van der Waals surface area contributed by atoms with Gasteiger partial charge in [0.2, 0.25) is 0 Å². The van der Waals surface area contributed by atoms with Crippen molar-refractivity contribution in [2.75, 3.05) is 20.4 Å². The Bertz CT molecular complexity index is 285. The third kappa shape index (κ3) is 1.56. The summed E-state index contributed by atoms with van der Waals surface area (Å²) in [5.41, 5.74) is 0. The number of carbonyl (C=O) groups is 1. The van der Waals surface area contributed by atoms with E-state index in [-0.39, 0.29) is 42.3 Å². The van der Waals surface area contributed by atoms with Crippen molar-refractivity contribution in [3.63, 3.8) is 0 Å². The van der Waals surface area contributed by atoms with Crippen LogP contribution in [-0.4, -0.2) is 53.7 Å². The van der Waals surface area contributed by atoms with Gasteiger partial charge in [-0.15, -0.1) is 24.0 Å². The molecule has 7 heteroatoms. The molecule has 2 rings (SSSR count). The smallest absolute Gasteiger partial charge is 0.323 e. The topological polar surface area (TPSA) is 47.9 Å². The molecule has 0 aromatic carbocycles. The molecular formula is C7H13IN4OS. The highest BCUT2D eigenvalue weighted by Crippen LogP contribution is 2.24. The number of likely N-dealkylation sites (N-methyl/N-ethyl adjacent to an activating group) is 2. The zero-order chi connectivity index (χ0) is 9.59. The molecule has 14 heavy (non-hydrogen) atoms. The Balaban J connectivity index is 0.000000980. The number of nitrogens with zero attached hydrogens (tertiary/aromatic N) is 3. The molecule has 2 heterocycles. The highest BCUT2D eigenvalue weighted by Gasteiger charge is 2.45. The standard InChI is InChI=1S/C7H12N4OS.HI/c1-10-4-5(11(2)7(10)12)9-6(8-4)13-3;/h4-5H,1-3H3,(H,8,9);1H. The van der Waals surface area contributed by atoms with Crippen molar-refractivity contribution in [1.29, 1.82) is 0 Å². The Hall–Kier alpha value is -0.180. The summed E-state index contributed by atoms with van der Waals surface area (Å²) in [5.74, 6) is 0. The number of halogens is 1. The maximum Gasteiger partial charge on any atom is 0.323 e. The fraction of sp³-hybridized carbons (Fsp3) is 0.714. The van der Waals surface area contributed by atoms with Gasteiger partial charge in [0.05, 0.1) is 0 Å². The third-order valence-corrected chi connectivity index (χ3v) is 3.02. The van der Waals surface area contributed by atoms with E-state index in [4.69, 9.17) is 0 Å². The molecule has 1 N–H and O–H groups in total. The van der Waals surface area contributed by atoms with Gasteiger partial charge in [-0.25, -0.2) is 9.79 Å². The first-order valence-corrected chi connectivity index (χ1v) is 5.25. The summed E-state index contributed by atoms with van der Waals surface area (Å²) in [6.07, 6.45) is 1.93. The van der Waals surface area contributed by atoms with Crippen LogP contribution in [0.2, 0.25) is 0 Å². The minimum atomic E-state index is -0.0556. The van der Waals surface area contributed by atoms with Crippen LogP contribution in [0.3, 0.4) is 0 Å². The zero-order valence-corrected chi connectivity index (χ0v) is 11.4. The quantitative estimate of drug-likeness (QED) is 0.662. The molecule has 2 aliphatic heterocycles. The number of fused-ring (bicyclic) bond motifs is 1. The number of rotatable bonds is 0. The van der Waals surface area contributed by atoms with Gasteiger partial charge in [-0.3, -0.25) is 0 Å². The minimum Gasteiger partial charge on any atom is -0.341 e. The van der Waals surface area contributed by atoms with Crippen LogP contribution in [0.4, 0.5) is 4.79 Å². The van der Waals surface area contributed by atoms with Crippen molar-refractivity contribution in [2.45, 2.75) is 12.3 Å². The molecule has 1 fully saturated rings. The van der Waals surface area contributed by atoms with Gasteiger partial charge in [-0.05, 0) is 6.26 Å². The van der Waals surface area contributed by atoms with Crippen LogP contribution < -0.4 is 5.32 Å². The number of amidine groups is 1. The lowest BCUT2D eigenvalue weighted by Crippen LogP contribution is -2.42. The predicted molar refractivity (Wildman–Crippen MR) is 68.0 cm³/mol. The fourth-order valence-electron chi connectivity index (χ4n) is 1.62. The molecule has 0 spiro atoms. The van der Waals surface area contributed by atoms with Gasteiger partial charge >= 0.3 is 6.03 Å². The number of amides is 2. The maximum absolute atomic E-state index is 11.4. The van der Waals surface area contributed by atoms with Gasteiger partial charge in [-0.1, -0.05) is 11.8 Å². The molecule has 0 aromatic heterocycles. The molecule has 0 bridgehead atoms. The zero-order valence-electron chi connectivity index (χ0n) is 8.22. The Morgan fingerprint density at radius 2 is 2.07 bits per heavy atom. The second-order valence-corrected chi connectivity index (χ2v) is 3.94. The van der Waals surface area contributed by atoms with Gasteiger partial charge in [0.15, 0.2) is 11.3 Å².